The van der Waals surface area contributed by atoms with Gasteiger partial charge in [0.2, 0.25) is 0 Å². The molecular weight excluding hydrogens is 416 g/mol. The molecule has 0 bridgehead atoms. The van der Waals surface area contributed by atoms with E-state index in [1.165, 1.54) is 26.0 Å². The molecule has 2 rings (SSSR count). The van der Waals surface area contributed by atoms with Gasteiger partial charge in [0.1, 0.15) is 15.1 Å². The SMILES string of the molecule is COC(=O)C1(SC)CCN(C(=O)OC(C)(C)C)C1.COC(=O)C1(SC)CCNC1. The van der Waals surface area contributed by atoms with Crippen LogP contribution in [0.2, 0.25) is 0 Å². The highest BCUT2D eigenvalue weighted by Crippen LogP contribution is 2.35. The third-order valence-electron chi connectivity index (χ3n) is 4.90. The number of amides is 1. The molecule has 0 saturated carbocycles. The molecule has 0 aromatic carbocycles. The van der Waals surface area contributed by atoms with Gasteiger partial charge in [-0.2, -0.15) is 0 Å². The third kappa shape index (κ3) is 6.68. The van der Waals surface area contributed by atoms with Crippen molar-refractivity contribution >= 4 is 41.6 Å². The van der Waals surface area contributed by atoms with E-state index in [1.54, 1.807) is 16.7 Å². The molecule has 10 heteroatoms. The summed E-state index contributed by atoms with van der Waals surface area (Å²) in [7, 11) is 2.81. The molecule has 29 heavy (non-hydrogen) atoms. The van der Waals surface area contributed by atoms with Crippen LogP contribution in [0.15, 0.2) is 0 Å². The van der Waals surface area contributed by atoms with Crippen LogP contribution in [0.3, 0.4) is 0 Å². The van der Waals surface area contributed by atoms with Crippen LogP contribution in [-0.4, -0.2) is 90.9 Å². The Kier molecular flexibility index (Phi) is 9.62. The predicted octanol–water partition coefficient (Wildman–Crippen LogP) is 2.16. The van der Waals surface area contributed by atoms with Gasteiger partial charge in [-0.3, -0.25) is 9.59 Å². The molecule has 0 aromatic heterocycles. The second-order valence-corrected chi connectivity index (χ2v) is 10.3. The Bertz CT molecular complexity index is 590. The van der Waals surface area contributed by atoms with Gasteiger partial charge in [0, 0.05) is 19.6 Å². The van der Waals surface area contributed by atoms with E-state index < -0.39 is 10.3 Å². The lowest BCUT2D eigenvalue weighted by Crippen LogP contribution is -2.42. The second-order valence-electron chi connectivity index (χ2n) is 7.96. The molecular formula is C19H34N2O6S2. The van der Waals surface area contributed by atoms with E-state index in [0.29, 0.717) is 19.5 Å². The Labute approximate surface area is 182 Å². The largest absolute Gasteiger partial charge is 0.468 e. The molecule has 1 N–H and O–H groups in total. The number of carbonyl (C=O) groups is 3. The number of ether oxygens (including phenoxy) is 3. The zero-order valence-electron chi connectivity index (χ0n) is 18.5. The van der Waals surface area contributed by atoms with Crippen LogP contribution in [0, 0.1) is 0 Å². The summed E-state index contributed by atoms with van der Waals surface area (Å²) in [6, 6.07) is 0. The molecule has 0 aromatic rings. The van der Waals surface area contributed by atoms with Gasteiger partial charge in [-0.15, -0.1) is 23.5 Å². The van der Waals surface area contributed by atoms with E-state index in [2.05, 4.69) is 5.32 Å². The molecule has 168 valence electrons. The number of carbonyl (C=O) groups excluding carboxylic acids is 3. The lowest BCUT2D eigenvalue weighted by molar-refractivity contribution is -0.143. The van der Waals surface area contributed by atoms with Gasteiger partial charge in [-0.1, -0.05) is 0 Å². The van der Waals surface area contributed by atoms with Crippen molar-refractivity contribution in [3.8, 4) is 0 Å². The first-order valence-electron chi connectivity index (χ1n) is 9.45. The Morgan fingerprint density at radius 2 is 1.52 bits per heavy atom. The topological polar surface area (TPSA) is 94.2 Å². The predicted molar refractivity (Wildman–Crippen MR) is 116 cm³/mol. The van der Waals surface area contributed by atoms with Gasteiger partial charge in [-0.05, 0) is 52.7 Å². The Balaban J connectivity index is 0.000000326. The number of hydrogen-bond donors (Lipinski definition) is 1. The monoisotopic (exact) mass is 450 g/mol. The van der Waals surface area contributed by atoms with Crippen molar-refractivity contribution < 1.29 is 28.6 Å². The fourth-order valence-electron chi connectivity index (χ4n) is 3.15. The number of methoxy groups -OCH3 is 2. The quantitative estimate of drug-likeness (QED) is 0.511. The van der Waals surface area contributed by atoms with Gasteiger partial charge in [0.05, 0.1) is 14.2 Å². The van der Waals surface area contributed by atoms with Crippen molar-refractivity contribution in [2.24, 2.45) is 0 Å². The molecule has 2 fully saturated rings. The van der Waals surface area contributed by atoms with Gasteiger partial charge in [0.25, 0.3) is 0 Å². The molecule has 2 aliphatic heterocycles. The Morgan fingerprint density at radius 3 is 1.93 bits per heavy atom. The maximum atomic E-state index is 11.9. The molecule has 0 spiro atoms. The molecule has 2 heterocycles. The molecule has 0 radical (unpaired) electrons. The summed E-state index contributed by atoms with van der Waals surface area (Å²) in [5.74, 6) is -0.379. The smallest absolute Gasteiger partial charge is 0.410 e. The number of thioether (sulfide) groups is 2. The molecule has 2 aliphatic rings. The van der Waals surface area contributed by atoms with E-state index in [0.717, 1.165) is 19.5 Å². The maximum Gasteiger partial charge on any atom is 0.410 e. The van der Waals surface area contributed by atoms with E-state index in [-0.39, 0.29) is 22.8 Å². The van der Waals surface area contributed by atoms with Crippen molar-refractivity contribution in [1.82, 2.24) is 10.2 Å². The molecule has 2 saturated heterocycles. The first-order chi connectivity index (χ1) is 13.5. The zero-order chi connectivity index (χ0) is 22.3. The van der Waals surface area contributed by atoms with Crippen LogP contribution in [0.4, 0.5) is 4.79 Å². The van der Waals surface area contributed by atoms with E-state index >= 15 is 0 Å². The highest BCUT2D eigenvalue weighted by Gasteiger charge is 2.47. The van der Waals surface area contributed by atoms with E-state index in [1.807, 2.05) is 33.3 Å². The number of rotatable bonds is 4. The molecule has 0 aliphatic carbocycles. The zero-order valence-corrected chi connectivity index (χ0v) is 20.1. The van der Waals surface area contributed by atoms with Gasteiger partial charge >= 0.3 is 18.0 Å². The van der Waals surface area contributed by atoms with Crippen molar-refractivity contribution in [3.63, 3.8) is 0 Å². The van der Waals surface area contributed by atoms with Crippen LogP contribution in [0.5, 0.6) is 0 Å². The lowest BCUT2D eigenvalue weighted by Gasteiger charge is -2.26. The van der Waals surface area contributed by atoms with E-state index in [9.17, 15) is 14.4 Å². The van der Waals surface area contributed by atoms with Gasteiger partial charge < -0.3 is 24.4 Å². The average molecular weight is 451 g/mol. The number of hydrogen-bond acceptors (Lipinski definition) is 9. The summed E-state index contributed by atoms with van der Waals surface area (Å²) < 4.78 is 13.9. The van der Waals surface area contributed by atoms with Crippen LogP contribution in [-0.2, 0) is 23.8 Å². The highest BCUT2D eigenvalue weighted by atomic mass is 32.2. The average Bonchev–Trinajstić information content (AvgIpc) is 3.34. The number of nitrogens with zero attached hydrogens (tertiary/aromatic N) is 1. The van der Waals surface area contributed by atoms with Crippen LogP contribution < -0.4 is 5.32 Å². The van der Waals surface area contributed by atoms with Gasteiger partial charge in [-0.25, -0.2) is 4.79 Å². The Morgan fingerprint density at radius 1 is 0.966 bits per heavy atom. The minimum Gasteiger partial charge on any atom is -0.468 e. The molecule has 8 nitrogen and oxygen atoms in total. The highest BCUT2D eigenvalue weighted by molar-refractivity contribution is 8.01. The Hall–Kier alpha value is -1.13. The fraction of sp³-hybridized carbons (Fsp3) is 0.842. The van der Waals surface area contributed by atoms with E-state index in [4.69, 9.17) is 14.2 Å². The first-order valence-corrected chi connectivity index (χ1v) is 11.9. The molecule has 2 unspecified atom stereocenters. The van der Waals surface area contributed by atoms with Gasteiger partial charge in [0.15, 0.2) is 0 Å². The lowest BCUT2D eigenvalue weighted by atomic mass is 10.1. The summed E-state index contributed by atoms with van der Waals surface area (Å²) in [6.07, 6.45) is 4.91. The summed E-state index contributed by atoms with van der Waals surface area (Å²) in [6.45, 7) is 7.98. The number of likely N-dealkylation sites (tertiary alicyclic amines) is 1. The summed E-state index contributed by atoms with van der Waals surface area (Å²) >= 11 is 3.00. The molecule has 1 amide bonds. The number of nitrogens with one attached hydrogen (secondary N) is 1. The van der Waals surface area contributed by atoms with Crippen molar-refractivity contribution in [2.45, 2.75) is 48.7 Å². The summed E-state index contributed by atoms with van der Waals surface area (Å²) in [4.78, 5) is 36.6. The summed E-state index contributed by atoms with van der Waals surface area (Å²) in [5.41, 5.74) is -0.521. The van der Waals surface area contributed by atoms with Crippen LogP contribution >= 0.6 is 23.5 Å². The fourth-order valence-corrected chi connectivity index (χ4v) is 4.79. The van der Waals surface area contributed by atoms with Crippen molar-refractivity contribution in [2.75, 3.05) is 52.9 Å². The second kappa shape index (κ2) is 10.8. The minimum atomic E-state index is -0.647. The first kappa shape index (κ1) is 25.9. The van der Waals surface area contributed by atoms with Crippen molar-refractivity contribution in [1.29, 1.82) is 0 Å². The van der Waals surface area contributed by atoms with Crippen LogP contribution in [0.1, 0.15) is 33.6 Å². The minimum absolute atomic E-state index is 0.102. The standard InChI is InChI=1S/C12H21NO4S.C7H13NO2S/c1-11(2,3)17-10(15)13-7-6-12(8-13,18-5)9(14)16-4;1-10-6(9)7(11-2)3-4-8-5-7/h6-8H2,1-5H3;8H,3-5H2,1-2H3. The normalized spacial score (nSPS) is 26.4. The molecule has 2 atom stereocenters. The van der Waals surface area contributed by atoms with Crippen molar-refractivity contribution in [3.05, 3.63) is 0 Å². The third-order valence-corrected chi connectivity index (χ3v) is 7.47. The number of esters is 2. The van der Waals surface area contributed by atoms with Crippen LogP contribution in [0.25, 0.3) is 0 Å². The summed E-state index contributed by atoms with van der Waals surface area (Å²) in [5, 5.41) is 3.16. The maximum absolute atomic E-state index is 11.9.